The monoisotopic (exact) mass is 346 g/mol. The number of amides is 2. The van der Waals surface area contributed by atoms with E-state index in [9.17, 15) is 9.59 Å². The molecule has 2 fully saturated rings. The second-order valence-electron chi connectivity index (χ2n) is 7.98. The Bertz CT molecular complexity index is 502. The number of nitrogens with zero attached hydrogens (tertiary/aromatic N) is 2. The van der Waals surface area contributed by atoms with Gasteiger partial charge in [-0.15, -0.1) is 0 Å². The summed E-state index contributed by atoms with van der Waals surface area (Å²) < 4.78 is 0. The van der Waals surface area contributed by atoms with Gasteiger partial charge in [0, 0.05) is 26.2 Å². The third-order valence-corrected chi connectivity index (χ3v) is 5.94. The van der Waals surface area contributed by atoms with Crippen LogP contribution in [0.25, 0.3) is 0 Å². The van der Waals surface area contributed by atoms with E-state index in [1.54, 1.807) is 0 Å². The summed E-state index contributed by atoms with van der Waals surface area (Å²) in [5.41, 5.74) is 0. The average molecular weight is 347 g/mol. The van der Waals surface area contributed by atoms with E-state index in [4.69, 9.17) is 0 Å². The predicted octanol–water partition coefficient (Wildman–Crippen LogP) is 3.50. The zero-order valence-corrected chi connectivity index (χ0v) is 16.0. The lowest BCUT2D eigenvalue weighted by Crippen LogP contribution is -2.27. The molecule has 2 saturated heterocycles. The van der Waals surface area contributed by atoms with Gasteiger partial charge in [0.05, 0.1) is 0 Å². The summed E-state index contributed by atoms with van der Waals surface area (Å²) in [6.07, 6.45) is 8.69. The number of likely N-dealkylation sites (tertiary alicyclic amines) is 2. The van der Waals surface area contributed by atoms with Gasteiger partial charge in [-0.1, -0.05) is 33.4 Å². The van der Waals surface area contributed by atoms with Gasteiger partial charge < -0.3 is 9.80 Å². The molecule has 0 aromatic heterocycles. The van der Waals surface area contributed by atoms with Crippen LogP contribution in [0.15, 0.2) is 25.3 Å². The molecule has 25 heavy (non-hydrogen) atoms. The number of hydrogen-bond acceptors (Lipinski definition) is 2. The van der Waals surface area contributed by atoms with Crippen molar-refractivity contribution in [3.63, 3.8) is 0 Å². The molecule has 2 amide bonds. The first-order valence-electron chi connectivity index (χ1n) is 9.81. The van der Waals surface area contributed by atoms with Crippen molar-refractivity contribution in [3.8, 4) is 0 Å². The van der Waals surface area contributed by atoms with Crippen molar-refractivity contribution < 1.29 is 9.59 Å². The summed E-state index contributed by atoms with van der Waals surface area (Å²) in [5, 5.41) is 0. The van der Waals surface area contributed by atoms with Crippen molar-refractivity contribution in [1.29, 1.82) is 0 Å². The zero-order valence-electron chi connectivity index (χ0n) is 16.0. The zero-order chi connectivity index (χ0) is 18.4. The Hall–Kier alpha value is -1.58. The summed E-state index contributed by atoms with van der Waals surface area (Å²) in [6, 6.07) is 0. The lowest BCUT2D eigenvalue weighted by atomic mass is 9.82. The molecule has 2 aliphatic heterocycles. The average Bonchev–Trinajstić information content (AvgIpc) is 3.21. The van der Waals surface area contributed by atoms with Crippen LogP contribution in [0.4, 0.5) is 0 Å². The molecule has 0 aromatic carbocycles. The highest BCUT2D eigenvalue weighted by molar-refractivity contribution is 5.87. The Morgan fingerprint density at radius 2 is 1.68 bits per heavy atom. The Morgan fingerprint density at radius 3 is 2.32 bits per heavy atom. The van der Waals surface area contributed by atoms with Crippen molar-refractivity contribution in [1.82, 2.24) is 9.80 Å². The fraction of sp³-hybridized carbons (Fsp3) is 0.714. The highest BCUT2D eigenvalue weighted by Gasteiger charge is 2.35. The molecule has 4 atom stereocenters. The highest BCUT2D eigenvalue weighted by atomic mass is 16.2. The maximum atomic E-state index is 12.0. The summed E-state index contributed by atoms with van der Waals surface area (Å²) >= 11 is 0. The van der Waals surface area contributed by atoms with Crippen molar-refractivity contribution in [3.05, 3.63) is 25.3 Å². The third kappa shape index (κ3) is 5.20. The molecule has 2 rings (SSSR count). The Morgan fingerprint density at radius 1 is 1.04 bits per heavy atom. The first kappa shape index (κ1) is 19.7. The van der Waals surface area contributed by atoms with Crippen LogP contribution >= 0.6 is 0 Å². The van der Waals surface area contributed by atoms with Crippen LogP contribution in [-0.4, -0.2) is 47.8 Å². The topological polar surface area (TPSA) is 40.6 Å². The van der Waals surface area contributed by atoms with Crippen LogP contribution in [0.3, 0.4) is 0 Å². The van der Waals surface area contributed by atoms with Crippen LogP contribution in [-0.2, 0) is 9.59 Å². The van der Waals surface area contributed by atoms with E-state index in [2.05, 4.69) is 27.0 Å². The van der Waals surface area contributed by atoms with Crippen LogP contribution < -0.4 is 0 Å². The minimum absolute atomic E-state index is 0.0625. The normalized spacial score (nSPS) is 27.4. The van der Waals surface area contributed by atoms with Crippen LogP contribution in [0.5, 0.6) is 0 Å². The first-order valence-corrected chi connectivity index (χ1v) is 9.81. The number of carbonyl (C=O) groups excluding carboxylic acids is 2. The minimum Gasteiger partial charge on any atom is -0.339 e. The van der Waals surface area contributed by atoms with E-state index in [1.165, 1.54) is 37.8 Å². The Labute approximate surface area is 152 Å². The first-order chi connectivity index (χ1) is 12.0. The quantitative estimate of drug-likeness (QED) is 0.631. The smallest absolute Gasteiger partial charge is 0.245 e. The lowest BCUT2D eigenvalue weighted by molar-refractivity contribution is -0.125. The molecule has 4 heteroatoms. The fourth-order valence-electron chi connectivity index (χ4n) is 4.75. The van der Waals surface area contributed by atoms with E-state index >= 15 is 0 Å². The van der Waals surface area contributed by atoms with Gasteiger partial charge in [-0.2, -0.15) is 0 Å². The summed E-state index contributed by atoms with van der Waals surface area (Å²) in [6.45, 7) is 15.3. The molecule has 0 bridgehead atoms. The second kappa shape index (κ2) is 9.21. The molecule has 0 saturated carbocycles. The summed E-state index contributed by atoms with van der Waals surface area (Å²) in [7, 11) is 0. The van der Waals surface area contributed by atoms with Gasteiger partial charge >= 0.3 is 0 Å². The number of rotatable bonds is 8. The van der Waals surface area contributed by atoms with Gasteiger partial charge in [-0.25, -0.2) is 0 Å². The van der Waals surface area contributed by atoms with Crippen LogP contribution in [0.2, 0.25) is 0 Å². The molecule has 2 unspecified atom stereocenters. The highest BCUT2D eigenvalue weighted by Crippen LogP contribution is 2.35. The summed E-state index contributed by atoms with van der Waals surface area (Å²) in [5.74, 6) is 2.60. The molecule has 2 heterocycles. The van der Waals surface area contributed by atoms with Crippen molar-refractivity contribution >= 4 is 11.8 Å². The van der Waals surface area contributed by atoms with E-state index < -0.39 is 0 Å². The Kier molecular flexibility index (Phi) is 7.27. The molecule has 2 aliphatic rings. The van der Waals surface area contributed by atoms with E-state index in [0.29, 0.717) is 23.7 Å². The van der Waals surface area contributed by atoms with Gasteiger partial charge in [-0.3, -0.25) is 9.59 Å². The largest absolute Gasteiger partial charge is 0.339 e. The molecule has 0 spiro atoms. The molecular formula is C21H34N2O2. The van der Waals surface area contributed by atoms with E-state index in [1.807, 2.05) is 9.80 Å². The second-order valence-corrected chi connectivity index (χ2v) is 7.98. The minimum atomic E-state index is 0.0625. The maximum absolute atomic E-state index is 12.0. The van der Waals surface area contributed by atoms with Crippen LogP contribution in [0.1, 0.15) is 46.0 Å². The molecule has 4 nitrogen and oxygen atoms in total. The third-order valence-electron chi connectivity index (χ3n) is 5.94. The molecule has 140 valence electrons. The summed E-state index contributed by atoms with van der Waals surface area (Å²) in [4.78, 5) is 27.6. The molecule has 0 N–H and O–H groups in total. The maximum Gasteiger partial charge on any atom is 0.245 e. The van der Waals surface area contributed by atoms with Crippen molar-refractivity contribution in [2.75, 3.05) is 26.2 Å². The van der Waals surface area contributed by atoms with Gasteiger partial charge in [0.2, 0.25) is 11.8 Å². The molecular weight excluding hydrogens is 312 g/mol. The van der Waals surface area contributed by atoms with Crippen molar-refractivity contribution in [2.24, 2.45) is 23.7 Å². The van der Waals surface area contributed by atoms with Gasteiger partial charge in [-0.05, 0) is 61.5 Å². The van der Waals surface area contributed by atoms with Gasteiger partial charge in [0.1, 0.15) is 0 Å². The van der Waals surface area contributed by atoms with E-state index in [-0.39, 0.29) is 11.8 Å². The molecule has 0 aromatic rings. The number of carbonyl (C=O) groups is 2. The van der Waals surface area contributed by atoms with Crippen molar-refractivity contribution in [2.45, 2.75) is 46.0 Å². The lowest BCUT2D eigenvalue weighted by Gasteiger charge is -2.23. The predicted molar refractivity (Wildman–Crippen MR) is 102 cm³/mol. The molecule has 0 radical (unpaired) electrons. The Balaban J connectivity index is 1.85. The van der Waals surface area contributed by atoms with Crippen LogP contribution in [0, 0.1) is 23.7 Å². The standard InChI is InChI=1S/C21H34N2O2/c1-5-8-18-14-23(21(25)7-3)15-19(18)12-16(4)11-17-9-10-22(13-17)20(24)6-2/h6-7,16-19H,2-3,5,8-15H2,1,4H3/t16?,17-,18+,19?/m1/s1. The van der Waals surface area contributed by atoms with E-state index in [0.717, 1.165) is 32.6 Å². The fourth-order valence-corrected chi connectivity index (χ4v) is 4.75. The van der Waals surface area contributed by atoms with Gasteiger partial charge in [0.15, 0.2) is 0 Å². The number of hydrogen-bond donors (Lipinski definition) is 0. The SMILES string of the molecule is C=CC(=O)N1CC[C@H](CC(C)CC2CN(C(=O)C=C)C[C@@H]2CCC)C1. The molecule has 0 aliphatic carbocycles. The van der Waals surface area contributed by atoms with Gasteiger partial charge in [0.25, 0.3) is 0 Å².